The molecule has 0 bridgehead atoms. The number of benzene rings is 2. The van der Waals surface area contributed by atoms with Gasteiger partial charge >= 0.3 is 0 Å². The van der Waals surface area contributed by atoms with E-state index in [9.17, 15) is 9.18 Å². The van der Waals surface area contributed by atoms with Gasteiger partial charge in [0.15, 0.2) is 0 Å². The number of carbonyl (C=O) groups is 1. The minimum Gasteiger partial charge on any atom is -0.361 e. The van der Waals surface area contributed by atoms with Crippen molar-refractivity contribution in [1.82, 2.24) is 14.8 Å². The molecule has 0 saturated carbocycles. The van der Waals surface area contributed by atoms with Crippen molar-refractivity contribution in [3.63, 3.8) is 0 Å². The largest absolute Gasteiger partial charge is 0.361 e. The molecule has 0 radical (unpaired) electrons. The fourth-order valence-electron chi connectivity index (χ4n) is 4.82. The van der Waals surface area contributed by atoms with Gasteiger partial charge in [0, 0.05) is 55.5 Å². The Morgan fingerprint density at radius 3 is 2.53 bits per heavy atom. The van der Waals surface area contributed by atoms with Gasteiger partial charge in [-0.15, -0.1) is 0 Å². The van der Waals surface area contributed by atoms with Gasteiger partial charge in [-0.25, -0.2) is 4.39 Å². The lowest BCUT2D eigenvalue weighted by molar-refractivity contribution is -0.120. The van der Waals surface area contributed by atoms with E-state index in [2.05, 4.69) is 21.7 Å². The molecule has 1 aromatic heterocycles. The summed E-state index contributed by atoms with van der Waals surface area (Å²) in [5.74, 6) is 0.0116. The lowest BCUT2D eigenvalue weighted by Crippen LogP contribution is -2.50. The molecule has 0 spiro atoms. The van der Waals surface area contributed by atoms with Crippen LogP contribution in [0.15, 0.2) is 54.7 Å². The first-order valence-electron chi connectivity index (χ1n) is 12.7. The van der Waals surface area contributed by atoms with Gasteiger partial charge in [0.1, 0.15) is 5.82 Å². The van der Waals surface area contributed by atoms with Gasteiger partial charge in [-0.3, -0.25) is 9.69 Å². The van der Waals surface area contributed by atoms with E-state index in [1.807, 2.05) is 41.4 Å². The number of H-pyrrole nitrogens is 1. The van der Waals surface area contributed by atoms with Gasteiger partial charge in [-0.2, -0.15) is 0 Å². The lowest BCUT2D eigenvalue weighted by Gasteiger charge is -2.35. The molecule has 1 aliphatic rings. The molecule has 0 atom stereocenters. The topological polar surface area (TPSA) is 42.6 Å². The quantitative estimate of drug-likeness (QED) is 0.403. The van der Waals surface area contributed by atoms with Crippen molar-refractivity contribution < 1.29 is 9.18 Å². The predicted molar refractivity (Wildman–Crippen MR) is 138 cm³/mol. The summed E-state index contributed by atoms with van der Waals surface area (Å²) in [5, 5.41) is 0.991. The summed E-state index contributed by atoms with van der Waals surface area (Å²) in [5.41, 5.74) is 3.18. The van der Waals surface area contributed by atoms with Crippen LogP contribution in [-0.4, -0.2) is 66.5 Å². The number of carbonyl (C=O) groups excluding carboxylic acids is 1. The number of hydrogen-bond acceptors (Lipinski definition) is 3. The summed E-state index contributed by atoms with van der Waals surface area (Å²) in [6, 6.07) is 15.0. The maximum atomic E-state index is 13.6. The Morgan fingerprint density at radius 1 is 1.00 bits per heavy atom. The average Bonchev–Trinajstić information content (AvgIpc) is 3.25. The lowest BCUT2D eigenvalue weighted by atomic mass is 10.1. The smallest absolute Gasteiger partial charge is 0.241 e. The second-order valence-electron chi connectivity index (χ2n) is 9.31. The summed E-state index contributed by atoms with van der Waals surface area (Å²) in [6.45, 7) is 8.28. The second kappa shape index (κ2) is 12.1. The Labute approximate surface area is 202 Å². The van der Waals surface area contributed by atoms with Crippen molar-refractivity contribution in [1.29, 1.82) is 0 Å². The van der Waals surface area contributed by atoms with Crippen LogP contribution in [0.25, 0.3) is 10.9 Å². The van der Waals surface area contributed by atoms with Gasteiger partial charge in [-0.1, -0.05) is 38.0 Å². The Kier molecular flexibility index (Phi) is 8.72. The molecule has 1 amide bonds. The third kappa shape index (κ3) is 6.45. The standard InChI is InChI=1S/C28H37FN4O/c1-2-3-7-15-33(25-10-5-4-6-11-25)28(34)22-32-18-16-31(17-19-32)14-8-9-23-21-30-27-13-12-24(29)20-26(23)27/h4-6,10-13,20-21,30H,2-3,7-9,14-19,22H2,1H3. The van der Waals surface area contributed by atoms with Crippen molar-refractivity contribution in [2.45, 2.75) is 39.0 Å². The Balaban J connectivity index is 1.22. The number of fused-ring (bicyclic) bond motifs is 1. The maximum absolute atomic E-state index is 13.6. The fraction of sp³-hybridized carbons (Fsp3) is 0.464. The molecule has 2 heterocycles. The van der Waals surface area contributed by atoms with Crippen molar-refractivity contribution >= 4 is 22.5 Å². The van der Waals surface area contributed by atoms with E-state index >= 15 is 0 Å². The number of rotatable bonds is 11. The number of anilines is 1. The van der Waals surface area contributed by atoms with Crippen molar-refractivity contribution in [3.05, 3.63) is 66.1 Å². The van der Waals surface area contributed by atoms with E-state index in [0.29, 0.717) is 6.54 Å². The molecule has 4 rings (SSSR count). The SMILES string of the molecule is CCCCCN(C(=O)CN1CCN(CCCc2c[nH]c3ccc(F)cc23)CC1)c1ccccc1. The van der Waals surface area contributed by atoms with E-state index in [0.717, 1.165) is 88.0 Å². The van der Waals surface area contributed by atoms with E-state index in [-0.39, 0.29) is 11.7 Å². The van der Waals surface area contributed by atoms with E-state index in [1.54, 1.807) is 12.1 Å². The summed E-state index contributed by atoms with van der Waals surface area (Å²) >= 11 is 0. The normalized spacial score (nSPS) is 15.1. The molecule has 1 N–H and O–H groups in total. The second-order valence-corrected chi connectivity index (χ2v) is 9.31. The van der Waals surface area contributed by atoms with Crippen LogP contribution in [-0.2, 0) is 11.2 Å². The third-order valence-electron chi connectivity index (χ3n) is 6.83. The van der Waals surface area contributed by atoms with Gasteiger partial charge in [0.2, 0.25) is 5.91 Å². The zero-order valence-corrected chi connectivity index (χ0v) is 20.3. The van der Waals surface area contributed by atoms with Crippen molar-refractivity contribution in [3.8, 4) is 0 Å². The number of para-hydroxylation sites is 1. The summed E-state index contributed by atoms with van der Waals surface area (Å²) in [6.07, 6.45) is 7.31. The minimum atomic E-state index is -0.185. The molecular weight excluding hydrogens is 427 g/mol. The van der Waals surface area contributed by atoms with Crippen LogP contribution in [0.5, 0.6) is 0 Å². The number of piperazine rings is 1. The van der Waals surface area contributed by atoms with Gasteiger partial charge < -0.3 is 14.8 Å². The molecular formula is C28H37FN4O. The molecule has 5 nitrogen and oxygen atoms in total. The Morgan fingerprint density at radius 2 is 1.76 bits per heavy atom. The first-order chi connectivity index (χ1) is 16.6. The molecule has 1 aliphatic heterocycles. The maximum Gasteiger partial charge on any atom is 0.241 e. The summed E-state index contributed by atoms with van der Waals surface area (Å²) in [4.78, 5) is 23.1. The fourth-order valence-corrected chi connectivity index (χ4v) is 4.82. The van der Waals surface area contributed by atoms with Crippen LogP contribution in [0.1, 0.15) is 38.2 Å². The third-order valence-corrected chi connectivity index (χ3v) is 6.83. The highest BCUT2D eigenvalue weighted by Gasteiger charge is 2.22. The minimum absolute atomic E-state index is 0.185. The van der Waals surface area contributed by atoms with Gasteiger partial charge in [-0.05, 0) is 61.7 Å². The van der Waals surface area contributed by atoms with E-state index in [4.69, 9.17) is 0 Å². The van der Waals surface area contributed by atoms with Crippen LogP contribution in [0.4, 0.5) is 10.1 Å². The number of amides is 1. The zero-order chi connectivity index (χ0) is 23.8. The Bertz CT molecular complexity index is 1040. The number of nitrogens with zero attached hydrogens (tertiary/aromatic N) is 3. The van der Waals surface area contributed by atoms with Crippen LogP contribution < -0.4 is 4.90 Å². The van der Waals surface area contributed by atoms with Crippen LogP contribution in [0.3, 0.4) is 0 Å². The number of nitrogens with one attached hydrogen (secondary N) is 1. The molecule has 1 saturated heterocycles. The highest BCUT2D eigenvalue weighted by molar-refractivity contribution is 5.94. The number of aromatic nitrogens is 1. The number of halogens is 1. The summed E-state index contributed by atoms with van der Waals surface area (Å²) < 4.78 is 13.6. The average molecular weight is 465 g/mol. The molecule has 6 heteroatoms. The van der Waals surface area contributed by atoms with Crippen LogP contribution >= 0.6 is 0 Å². The molecule has 1 fully saturated rings. The van der Waals surface area contributed by atoms with Crippen molar-refractivity contribution in [2.75, 3.05) is 50.7 Å². The number of aryl methyl sites for hydroxylation is 1. The van der Waals surface area contributed by atoms with Crippen LogP contribution in [0, 0.1) is 5.82 Å². The van der Waals surface area contributed by atoms with Crippen molar-refractivity contribution in [2.24, 2.45) is 0 Å². The first-order valence-corrected chi connectivity index (χ1v) is 12.7. The molecule has 182 valence electrons. The Hall–Kier alpha value is -2.70. The summed E-state index contributed by atoms with van der Waals surface area (Å²) in [7, 11) is 0. The number of aromatic amines is 1. The molecule has 3 aromatic rings. The molecule has 2 aromatic carbocycles. The van der Waals surface area contributed by atoms with Gasteiger partial charge in [0.05, 0.1) is 6.54 Å². The number of hydrogen-bond donors (Lipinski definition) is 1. The van der Waals surface area contributed by atoms with Gasteiger partial charge in [0.25, 0.3) is 0 Å². The monoisotopic (exact) mass is 464 g/mol. The molecule has 0 unspecified atom stereocenters. The first kappa shape index (κ1) is 24.4. The predicted octanol–water partition coefficient (Wildman–Crippen LogP) is 5.08. The highest BCUT2D eigenvalue weighted by Crippen LogP contribution is 2.21. The van der Waals surface area contributed by atoms with Crippen LogP contribution in [0.2, 0.25) is 0 Å². The van der Waals surface area contributed by atoms with E-state index in [1.165, 1.54) is 11.6 Å². The van der Waals surface area contributed by atoms with E-state index < -0.39 is 0 Å². The number of unbranched alkanes of at least 4 members (excludes halogenated alkanes) is 2. The molecule has 0 aliphatic carbocycles. The highest BCUT2D eigenvalue weighted by atomic mass is 19.1. The molecule has 34 heavy (non-hydrogen) atoms. The zero-order valence-electron chi connectivity index (χ0n) is 20.3.